The first-order chi connectivity index (χ1) is 7.38. The lowest BCUT2D eigenvalue weighted by atomic mass is 10.2. The first kappa shape index (κ1) is 14.4. The van der Waals surface area contributed by atoms with E-state index in [1.165, 1.54) is 4.90 Å². The van der Waals surface area contributed by atoms with Gasteiger partial charge in [0.15, 0.2) is 0 Å². The van der Waals surface area contributed by atoms with E-state index in [4.69, 9.17) is 5.11 Å². The van der Waals surface area contributed by atoms with Crippen molar-refractivity contribution in [1.29, 1.82) is 0 Å². The highest BCUT2D eigenvalue weighted by Gasteiger charge is 2.16. The molecule has 0 aliphatic carbocycles. The van der Waals surface area contributed by atoms with Crippen molar-refractivity contribution in [3.63, 3.8) is 0 Å². The zero-order valence-electron chi connectivity index (χ0n) is 9.82. The number of carboxylic acids is 1. The number of hydrogen-bond donors (Lipinski definition) is 2. The van der Waals surface area contributed by atoms with Gasteiger partial charge in [0.05, 0.1) is 6.42 Å². The van der Waals surface area contributed by atoms with Crippen LogP contribution in [-0.4, -0.2) is 41.0 Å². The molecule has 6 heteroatoms. The molecule has 3 amide bonds. The zero-order valence-corrected chi connectivity index (χ0v) is 9.82. The number of carbonyl (C=O) groups excluding carboxylic acids is 2. The van der Waals surface area contributed by atoms with Gasteiger partial charge < -0.3 is 10.0 Å². The standard InChI is InChI=1S/C10H18N2O4/c1-4-7(2)12(3)10(16)11-8(13)5-6-9(14)15/h7H,4-6H2,1-3H3,(H,14,15)(H,11,13,16). The molecule has 2 N–H and O–H groups in total. The highest BCUT2D eigenvalue weighted by Crippen LogP contribution is 2.00. The van der Waals surface area contributed by atoms with E-state index in [9.17, 15) is 14.4 Å². The molecule has 0 heterocycles. The Morgan fingerprint density at radius 3 is 2.31 bits per heavy atom. The normalized spacial score (nSPS) is 11.7. The second-order valence-corrected chi connectivity index (χ2v) is 3.62. The molecule has 1 unspecified atom stereocenters. The summed E-state index contributed by atoms with van der Waals surface area (Å²) < 4.78 is 0. The van der Waals surface area contributed by atoms with Crippen LogP contribution in [-0.2, 0) is 9.59 Å². The summed E-state index contributed by atoms with van der Waals surface area (Å²) in [4.78, 5) is 34.2. The van der Waals surface area contributed by atoms with Crippen LogP contribution in [0.4, 0.5) is 4.79 Å². The Balaban J connectivity index is 4.04. The van der Waals surface area contributed by atoms with E-state index < -0.39 is 17.9 Å². The first-order valence-corrected chi connectivity index (χ1v) is 5.16. The Labute approximate surface area is 94.6 Å². The lowest BCUT2D eigenvalue weighted by Gasteiger charge is -2.23. The van der Waals surface area contributed by atoms with Gasteiger partial charge in [0, 0.05) is 19.5 Å². The Hall–Kier alpha value is -1.59. The molecule has 0 bridgehead atoms. The molecule has 0 rings (SSSR count). The quantitative estimate of drug-likeness (QED) is 0.732. The number of aliphatic carboxylic acids is 1. The molecule has 92 valence electrons. The summed E-state index contributed by atoms with van der Waals surface area (Å²) in [5.74, 6) is -1.62. The molecular weight excluding hydrogens is 212 g/mol. The highest BCUT2D eigenvalue weighted by atomic mass is 16.4. The van der Waals surface area contributed by atoms with Gasteiger partial charge in [-0.15, -0.1) is 0 Å². The predicted octanol–water partition coefficient (Wildman–Crippen LogP) is 0.818. The molecule has 0 aliphatic rings. The van der Waals surface area contributed by atoms with Gasteiger partial charge in [-0.2, -0.15) is 0 Å². The number of rotatable bonds is 5. The maximum atomic E-state index is 11.4. The molecule has 16 heavy (non-hydrogen) atoms. The Kier molecular flexibility index (Phi) is 6.14. The van der Waals surface area contributed by atoms with Gasteiger partial charge in [0.2, 0.25) is 5.91 Å². The summed E-state index contributed by atoms with van der Waals surface area (Å²) in [6.45, 7) is 3.79. The summed E-state index contributed by atoms with van der Waals surface area (Å²) in [6, 6.07) is -0.461. The summed E-state index contributed by atoms with van der Waals surface area (Å²) in [5, 5.41) is 10.5. The van der Waals surface area contributed by atoms with Crippen LogP contribution in [0.1, 0.15) is 33.1 Å². The maximum Gasteiger partial charge on any atom is 0.324 e. The minimum Gasteiger partial charge on any atom is -0.481 e. The lowest BCUT2D eigenvalue weighted by Crippen LogP contribution is -2.44. The third kappa shape index (κ3) is 5.33. The molecule has 0 aromatic carbocycles. The SMILES string of the molecule is CCC(C)N(C)C(=O)NC(=O)CCC(=O)O. The number of nitrogens with one attached hydrogen (secondary N) is 1. The molecule has 0 radical (unpaired) electrons. The molecule has 6 nitrogen and oxygen atoms in total. The van der Waals surface area contributed by atoms with Gasteiger partial charge in [-0.05, 0) is 13.3 Å². The third-order valence-electron chi connectivity index (χ3n) is 2.38. The van der Waals surface area contributed by atoms with Crippen molar-refractivity contribution in [2.24, 2.45) is 0 Å². The third-order valence-corrected chi connectivity index (χ3v) is 2.38. The van der Waals surface area contributed by atoms with E-state index in [1.54, 1.807) is 7.05 Å². The fourth-order valence-corrected chi connectivity index (χ4v) is 0.964. The summed E-state index contributed by atoms with van der Waals surface area (Å²) in [6.07, 6.45) is 0.328. The molecule has 0 spiro atoms. The number of nitrogens with zero attached hydrogens (tertiary/aromatic N) is 1. The van der Waals surface area contributed by atoms with E-state index in [0.29, 0.717) is 0 Å². The predicted molar refractivity (Wildman–Crippen MR) is 57.9 cm³/mol. The summed E-state index contributed by atoms with van der Waals surface area (Å²) >= 11 is 0. The van der Waals surface area contributed by atoms with Crippen molar-refractivity contribution < 1.29 is 19.5 Å². The van der Waals surface area contributed by atoms with Crippen molar-refractivity contribution in [3.8, 4) is 0 Å². The largest absolute Gasteiger partial charge is 0.481 e. The van der Waals surface area contributed by atoms with E-state index >= 15 is 0 Å². The van der Waals surface area contributed by atoms with Gasteiger partial charge >= 0.3 is 12.0 Å². The van der Waals surface area contributed by atoms with E-state index in [-0.39, 0.29) is 18.9 Å². The van der Waals surface area contributed by atoms with Crippen LogP contribution in [0, 0.1) is 0 Å². The Bertz CT molecular complexity index is 278. The van der Waals surface area contributed by atoms with Crippen LogP contribution >= 0.6 is 0 Å². The molecular formula is C10H18N2O4. The second kappa shape index (κ2) is 6.81. The van der Waals surface area contributed by atoms with Gasteiger partial charge in [0.25, 0.3) is 0 Å². The number of hydrogen-bond acceptors (Lipinski definition) is 3. The minimum atomic E-state index is -1.06. The average molecular weight is 230 g/mol. The van der Waals surface area contributed by atoms with Crippen molar-refractivity contribution in [2.75, 3.05) is 7.05 Å². The monoisotopic (exact) mass is 230 g/mol. The first-order valence-electron chi connectivity index (χ1n) is 5.16. The molecule has 0 saturated carbocycles. The maximum absolute atomic E-state index is 11.4. The van der Waals surface area contributed by atoms with Crippen molar-refractivity contribution in [2.45, 2.75) is 39.2 Å². The van der Waals surface area contributed by atoms with Crippen LogP contribution in [0.5, 0.6) is 0 Å². The number of carboxylic acid groups (broad SMARTS) is 1. The molecule has 0 saturated heterocycles. The molecule has 0 fully saturated rings. The minimum absolute atomic E-state index is 0.0345. The average Bonchev–Trinajstić information content (AvgIpc) is 2.24. The molecule has 0 aliphatic heterocycles. The van der Waals surface area contributed by atoms with Crippen LogP contribution in [0.25, 0.3) is 0 Å². The fourth-order valence-electron chi connectivity index (χ4n) is 0.964. The molecule has 1 atom stereocenters. The summed E-state index contributed by atoms with van der Waals surface area (Å²) in [5.41, 5.74) is 0. The van der Waals surface area contributed by atoms with Crippen LogP contribution in [0.15, 0.2) is 0 Å². The zero-order chi connectivity index (χ0) is 12.7. The fraction of sp³-hybridized carbons (Fsp3) is 0.700. The van der Waals surface area contributed by atoms with Crippen molar-refractivity contribution in [3.05, 3.63) is 0 Å². The van der Waals surface area contributed by atoms with Gasteiger partial charge in [-0.3, -0.25) is 14.9 Å². The number of urea groups is 1. The summed E-state index contributed by atoms with van der Waals surface area (Å²) in [7, 11) is 1.59. The molecule has 0 aromatic heterocycles. The van der Waals surface area contributed by atoms with Crippen molar-refractivity contribution >= 4 is 17.9 Å². The van der Waals surface area contributed by atoms with Gasteiger partial charge in [-0.25, -0.2) is 4.79 Å². The van der Waals surface area contributed by atoms with Gasteiger partial charge in [0.1, 0.15) is 0 Å². The molecule has 0 aromatic rings. The van der Waals surface area contributed by atoms with E-state index in [1.807, 2.05) is 13.8 Å². The van der Waals surface area contributed by atoms with E-state index in [2.05, 4.69) is 5.32 Å². The Morgan fingerprint density at radius 2 is 1.88 bits per heavy atom. The number of amides is 3. The van der Waals surface area contributed by atoms with E-state index in [0.717, 1.165) is 6.42 Å². The van der Waals surface area contributed by atoms with Crippen LogP contribution in [0.2, 0.25) is 0 Å². The van der Waals surface area contributed by atoms with Crippen LogP contribution in [0.3, 0.4) is 0 Å². The Morgan fingerprint density at radius 1 is 1.31 bits per heavy atom. The lowest BCUT2D eigenvalue weighted by molar-refractivity contribution is -0.138. The topological polar surface area (TPSA) is 86.7 Å². The van der Waals surface area contributed by atoms with Crippen LogP contribution < -0.4 is 5.32 Å². The highest BCUT2D eigenvalue weighted by molar-refractivity contribution is 5.95. The van der Waals surface area contributed by atoms with Crippen molar-refractivity contribution in [1.82, 2.24) is 10.2 Å². The smallest absolute Gasteiger partial charge is 0.324 e. The second-order valence-electron chi connectivity index (χ2n) is 3.62. The van der Waals surface area contributed by atoms with Gasteiger partial charge in [-0.1, -0.05) is 6.92 Å². The number of imide groups is 1. The number of carbonyl (C=O) groups is 3.